The quantitative estimate of drug-likeness (QED) is 0.463. The van der Waals surface area contributed by atoms with E-state index in [1.165, 1.54) is 13.3 Å². The normalized spacial score (nSPS) is 8.93. The molecule has 0 aliphatic heterocycles. The summed E-state index contributed by atoms with van der Waals surface area (Å²) in [6.45, 7) is 2.00. The summed E-state index contributed by atoms with van der Waals surface area (Å²) in [4.78, 5) is 18.1. The zero-order chi connectivity index (χ0) is 11.1. The molecular weight excluding hydrogens is 214 g/mol. The van der Waals surface area contributed by atoms with Crippen LogP contribution in [0.4, 0.5) is 0 Å². The van der Waals surface area contributed by atoms with Gasteiger partial charge in [-0.3, -0.25) is 4.79 Å². The van der Waals surface area contributed by atoms with Crippen LogP contribution >= 0.6 is 11.6 Å². The van der Waals surface area contributed by atoms with Gasteiger partial charge in [0.25, 0.3) is 0 Å². The predicted octanol–water partition coefficient (Wildman–Crippen LogP) is 1.01. The number of hydrogen-bond donors (Lipinski definition) is 1. The smallest absolute Gasteiger partial charge is 0.216 e. The van der Waals surface area contributed by atoms with Crippen molar-refractivity contribution in [1.82, 2.24) is 15.3 Å². The second kappa shape index (κ2) is 5.99. The molecule has 1 heterocycles. The van der Waals surface area contributed by atoms with Gasteiger partial charge in [-0.1, -0.05) is 23.4 Å². The molecule has 0 unspecified atom stereocenters. The highest BCUT2D eigenvalue weighted by Crippen LogP contribution is 2.07. The van der Waals surface area contributed by atoms with E-state index in [-0.39, 0.29) is 5.91 Å². The molecule has 15 heavy (non-hydrogen) atoms. The van der Waals surface area contributed by atoms with E-state index in [1.54, 1.807) is 6.20 Å². The van der Waals surface area contributed by atoms with Gasteiger partial charge in [-0.15, -0.1) is 0 Å². The third-order valence-electron chi connectivity index (χ3n) is 1.51. The molecule has 5 heteroatoms. The molecule has 0 spiro atoms. The highest BCUT2D eigenvalue weighted by molar-refractivity contribution is 6.30. The maximum atomic E-state index is 10.5. The number of amides is 1. The molecule has 78 valence electrons. The van der Waals surface area contributed by atoms with E-state index >= 15 is 0 Å². The van der Waals surface area contributed by atoms with Gasteiger partial charge in [-0.25, -0.2) is 9.97 Å². The number of nitrogens with zero attached hydrogens (tertiary/aromatic N) is 2. The zero-order valence-corrected chi connectivity index (χ0v) is 9.01. The van der Waals surface area contributed by atoms with Crippen LogP contribution in [0.2, 0.25) is 5.15 Å². The van der Waals surface area contributed by atoms with E-state index in [9.17, 15) is 4.79 Å². The average molecular weight is 224 g/mol. The van der Waals surface area contributed by atoms with Crippen molar-refractivity contribution in [2.45, 2.75) is 13.3 Å². The monoisotopic (exact) mass is 223 g/mol. The van der Waals surface area contributed by atoms with Crippen molar-refractivity contribution in [3.05, 3.63) is 23.2 Å². The van der Waals surface area contributed by atoms with Crippen molar-refractivity contribution in [3.8, 4) is 11.8 Å². The van der Waals surface area contributed by atoms with Gasteiger partial charge in [0, 0.05) is 26.1 Å². The number of carbonyl (C=O) groups is 1. The lowest BCUT2D eigenvalue weighted by Crippen LogP contribution is -2.20. The molecule has 0 saturated carbocycles. The Hall–Kier alpha value is -1.60. The molecule has 1 aromatic heterocycles. The van der Waals surface area contributed by atoms with Crippen LogP contribution in [0.5, 0.6) is 0 Å². The molecule has 1 rings (SSSR count). The number of rotatable bonds is 2. The fourth-order valence-electron chi connectivity index (χ4n) is 0.857. The van der Waals surface area contributed by atoms with Gasteiger partial charge >= 0.3 is 0 Å². The summed E-state index contributed by atoms with van der Waals surface area (Å²) in [5.41, 5.74) is 0.599. The first kappa shape index (κ1) is 11.5. The average Bonchev–Trinajstić information content (AvgIpc) is 2.20. The zero-order valence-electron chi connectivity index (χ0n) is 8.25. The van der Waals surface area contributed by atoms with E-state index in [0.717, 1.165) is 0 Å². The number of aromatic nitrogens is 2. The Morgan fingerprint density at radius 2 is 2.47 bits per heavy atom. The molecule has 0 saturated heterocycles. The molecule has 0 aliphatic rings. The summed E-state index contributed by atoms with van der Waals surface area (Å²) in [5, 5.41) is 2.99. The van der Waals surface area contributed by atoms with Crippen molar-refractivity contribution >= 4 is 17.5 Å². The molecule has 0 bridgehead atoms. The topological polar surface area (TPSA) is 54.9 Å². The molecular formula is C10H10ClN3O. The second-order valence-corrected chi connectivity index (χ2v) is 3.12. The number of carbonyl (C=O) groups excluding carboxylic acids is 1. The lowest BCUT2D eigenvalue weighted by Gasteiger charge is -1.95. The van der Waals surface area contributed by atoms with Crippen LogP contribution in [-0.4, -0.2) is 22.4 Å². The van der Waals surface area contributed by atoms with Gasteiger partial charge in [0.1, 0.15) is 11.5 Å². The van der Waals surface area contributed by atoms with Gasteiger partial charge in [-0.2, -0.15) is 0 Å². The summed E-state index contributed by atoms with van der Waals surface area (Å²) in [7, 11) is 0. The van der Waals surface area contributed by atoms with Crippen LogP contribution in [0.15, 0.2) is 12.5 Å². The number of halogens is 1. The maximum Gasteiger partial charge on any atom is 0.216 e. The largest absolute Gasteiger partial charge is 0.355 e. The van der Waals surface area contributed by atoms with E-state index in [2.05, 4.69) is 27.1 Å². The van der Waals surface area contributed by atoms with Gasteiger partial charge in [0.15, 0.2) is 0 Å². The van der Waals surface area contributed by atoms with Crippen molar-refractivity contribution < 1.29 is 4.79 Å². The second-order valence-electron chi connectivity index (χ2n) is 2.76. The molecule has 0 aliphatic carbocycles. The maximum absolute atomic E-state index is 10.5. The number of hydrogen-bond acceptors (Lipinski definition) is 3. The van der Waals surface area contributed by atoms with Crippen LogP contribution in [0.3, 0.4) is 0 Å². The minimum absolute atomic E-state index is 0.0575. The minimum atomic E-state index is -0.0575. The molecule has 0 atom stereocenters. The molecule has 0 radical (unpaired) electrons. The Labute approximate surface area is 93.1 Å². The highest BCUT2D eigenvalue weighted by Gasteiger charge is 1.95. The van der Waals surface area contributed by atoms with Gasteiger partial charge in [0.2, 0.25) is 5.91 Å². The Morgan fingerprint density at radius 1 is 1.67 bits per heavy atom. The van der Waals surface area contributed by atoms with Gasteiger partial charge in [-0.05, 0) is 0 Å². The summed E-state index contributed by atoms with van der Waals surface area (Å²) in [6.07, 6.45) is 3.50. The van der Waals surface area contributed by atoms with E-state index in [4.69, 9.17) is 11.6 Å². The van der Waals surface area contributed by atoms with E-state index < -0.39 is 0 Å². The van der Waals surface area contributed by atoms with Crippen LogP contribution < -0.4 is 5.32 Å². The first-order valence-corrected chi connectivity index (χ1v) is 4.77. The lowest BCUT2D eigenvalue weighted by atomic mass is 10.3. The van der Waals surface area contributed by atoms with Crippen LogP contribution in [0, 0.1) is 11.8 Å². The van der Waals surface area contributed by atoms with Gasteiger partial charge in [0.05, 0.1) is 5.56 Å². The standard InChI is InChI=1S/C10H10ClN3O/c1-8(15)13-5-3-2-4-9-6-12-7-14-10(9)11/h6-7H,3,5H2,1H3,(H,13,15). The molecule has 0 fully saturated rings. The van der Waals surface area contributed by atoms with Crippen molar-refractivity contribution in [1.29, 1.82) is 0 Å². The van der Waals surface area contributed by atoms with Crippen LogP contribution in [0.1, 0.15) is 18.9 Å². The third kappa shape index (κ3) is 4.43. The fourth-order valence-corrected chi connectivity index (χ4v) is 0.997. The summed E-state index contributed by atoms with van der Waals surface area (Å²) in [5.74, 6) is 5.64. The Morgan fingerprint density at radius 3 is 3.13 bits per heavy atom. The molecule has 0 aromatic carbocycles. The first-order chi connectivity index (χ1) is 7.20. The van der Waals surface area contributed by atoms with Crippen LogP contribution in [-0.2, 0) is 4.79 Å². The van der Waals surface area contributed by atoms with Crippen molar-refractivity contribution in [2.75, 3.05) is 6.54 Å². The SMILES string of the molecule is CC(=O)NCCC#Cc1cncnc1Cl. The predicted molar refractivity (Wildman–Crippen MR) is 57.2 cm³/mol. The summed E-state index contributed by atoms with van der Waals surface area (Å²) >= 11 is 5.76. The molecule has 1 aromatic rings. The van der Waals surface area contributed by atoms with Gasteiger partial charge < -0.3 is 5.32 Å². The van der Waals surface area contributed by atoms with E-state index in [1.807, 2.05) is 0 Å². The third-order valence-corrected chi connectivity index (χ3v) is 1.81. The summed E-state index contributed by atoms with van der Waals surface area (Å²) in [6, 6.07) is 0. The van der Waals surface area contributed by atoms with Crippen LogP contribution in [0.25, 0.3) is 0 Å². The lowest BCUT2D eigenvalue weighted by molar-refractivity contribution is -0.118. The van der Waals surface area contributed by atoms with Crippen molar-refractivity contribution in [3.63, 3.8) is 0 Å². The molecule has 1 amide bonds. The molecule has 4 nitrogen and oxygen atoms in total. The van der Waals surface area contributed by atoms with Crippen molar-refractivity contribution in [2.24, 2.45) is 0 Å². The first-order valence-electron chi connectivity index (χ1n) is 4.39. The molecule has 1 N–H and O–H groups in total. The Bertz CT molecular complexity index is 409. The number of nitrogens with one attached hydrogen (secondary N) is 1. The fraction of sp³-hybridized carbons (Fsp3) is 0.300. The highest BCUT2D eigenvalue weighted by atomic mass is 35.5. The van der Waals surface area contributed by atoms with E-state index in [0.29, 0.717) is 23.7 Å². The summed E-state index contributed by atoms with van der Waals surface area (Å²) < 4.78 is 0. The Kier molecular flexibility index (Phi) is 4.58. The Balaban J connectivity index is 2.45. The minimum Gasteiger partial charge on any atom is -0.355 e.